The van der Waals surface area contributed by atoms with Crippen LogP contribution < -0.4 is 11.1 Å². The number of carbonyl (C=O) groups excluding carboxylic acids is 1. The Morgan fingerprint density at radius 1 is 1.33 bits per heavy atom. The smallest absolute Gasteiger partial charge is 0.223 e. The highest BCUT2D eigenvalue weighted by Crippen LogP contribution is 2.30. The highest BCUT2D eigenvalue weighted by atomic mass is 16.1. The van der Waals surface area contributed by atoms with Crippen LogP contribution >= 0.6 is 0 Å². The first kappa shape index (κ1) is 16.0. The number of hydrogen-bond donors (Lipinski definition) is 2. The van der Waals surface area contributed by atoms with Crippen LogP contribution in [0.2, 0.25) is 0 Å². The van der Waals surface area contributed by atoms with Crippen molar-refractivity contribution in [2.75, 3.05) is 20.6 Å². The molecule has 0 radical (unpaired) electrons. The minimum atomic E-state index is 0.111. The number of rotatable bonds is 6. The molecule has 0 unspecified atom stereocenters. The summed E-state index contributed by atoms with van der Waals surface area (Å²) >= 11 is 0. The number of nitrogens with one attached hydrogen (secondary N) is 1. The van der Waals surface area contributed by atoms with E-state index in [9.17, 15) is 4.79 Å². The summed E-state index contributed by atoms with van der Waals surface area (Å²) in [6.07, 6.45) is 3.19. The van der Waals surface area contributed by atoms with Crippen molar-refractivity contribution < 1.29 is 4.79 Å². The molecule has 2 atom stereocenters. The molecule has 1 aromatic carbocycles. The topological polar surface area (TPSA) is 58.4 Å². The number of amides is 1. The third kappa shape index (κ3) is 4.55. The Morgan fingerprint density at radius 3 is 2.81 bits per heavy atom. The molecule has 1 aromatic rings. The average Bonchev–Trinajstić information content (AvgIpc) is 2.93. The van der Waals surface area contributed by atoms with Crippen molar-refractivity contribution in [1.29, 1.82) is 0 Å². The van der Waals surface area contributed by atoms with Crippen LogP contribution in [0.5, 0.6) is 0 Å². The van der Waals surface area contributed by atoms with Gasteiger partial charge in [0.05, 0.1) is 0 Å². The minimum Gasteiger partial charge on any atom is -0.352 e. The lowest BCUT2D eigenvalue weighted by molar-refractivity contribution is -0.126. The van der Waals surface area contributed by atoms with Crippen molar-refractivity contribution >= 4 is 5.91 Å². The number of carbonyl (C=O) groups is 1. The summed E-state index contributed by atoms with van der Waals surface area (Å²) in [7, 11) is 4.11. The van der Waals surface area contributed by atoms with Gasteiger partial charge >= 0.3 is 0 Å². The van der Waals surface area contributed by atoms with Gasteiger partial charge in [0, 0.05) is 19.0 Å². The first-order chi connectivity index (χ1) is 10.1. The summed E-state index contributed by atoms with van der Waals surface area (Å²) in [6, 6.07) is 8.40. The van der Waals surface area contributed by atoms with Crippen LogP contribution in [0.4, 0.5) is 0 Å². The molecule has 21 heavy (non-hydrogen) atoms. The standard InChI is InChI=1S/C17H27N3O/c1-20(2)12-14-6-3-5-13(9-14)11-19-17(21)16-8-4-7-15(16)10-18/h3,5-6,9,15-16H,4,7-8,10-12,18H2,1-2H3,(H,19,21)/t15-,16-/m1/s1. The maximum absolute atomic E-state index is 12.3. The Labute approximate surface area is 127 Å². The molecule has 0 aromatic heterocycles. The molecule has 0 spiro atoms. The van der Waals surface area contributed by atoms with Crippen molar-refractivity contribution in [2.24, 2.45) is 17.6 Å². The van der Waals surface area contributed by atoms with Gasteiger partial charge in [-0.3, -0.25) is 4.79 Å². The van der Waals surface area contributed by atoms with Crippen LogP contribution in [0.3, 0.4) is 0 Å². The summed E-state index contributed by atoms with van der Waals surface area (Å²) < 4.78 is 0. The molecule has 0 aliphatic heterocycles. The Balaban J connectivity index is 1.89. The molecule has 3 N–H and O–H groups in total. The molecule has 4 nitrogen and oxygen atoms in total. The zero-order valence-electron chi connectivity index (χ0n) is 13.1. The molecule has 0 bridgehead atoms. The monoisotopic (exact) mass is 289 g/mol. The zero-order valence-corrected chi connectivity index (χ0v) is 13.1. The molecular formula is C17H27N3O. The van der Waals surface area contributed by atoms with E-state index in [0.29, 0.717) is 19.0 Å². The molecule has 1 fully saturated rings. The fourth-order valence-corrected chi connectivity index (χ4v) is 3.19. The van der Waals surface area contributed by atoms with Gasteiger partial charge in [0.2, 0.25) is 5.91 Å². The van der Waals surface area contributed by atoms with E-state index in [1.54, 1.807) is 0 Å². The Bertz CT molecular complexity index is 473. The third-order valence-corrected chi connectivity index (χ3v) is 4.26. The van der Waals surface area contributed by atoms with Crippen LogP contribution in [0.15, 0.2) is 24.3 Å². The first-order valence-corrected chi connectivity index (χ1v) is 7.80. The van der Waals surface area contributed by atoms with Crippen LogP contribution in [0.25, 0.3) is 0 Å². The number of nitrogens with zero attached hydrogens (tertiary/aromatic N) is 1. The highest BCUT2D eigenvalue weighted by Gasteiger charge is 2.31. The largest absolute Gasteiger partial charge is 0.352 e. The molecule has 4 heteroatoms. The normalized spacial score (nSPS) is 21.7. The van der Waals surface area contributed by atoms with Gasteiger partial charge in [-0.1, -0.05) is 30.7 Å². The van der Waals surface area contributed by atoms with Crippen molar-refractivity contribution in [2.45, 2.75) is 32.4 Å². The molecule has 0 saturated heterocycles. The zero-order chi connectivity index (χ0) is 15.2. The Morgan fingerprint density at radius 2 is 2.10 bits per heavy atom. The SMILES string of the molecule is CN(C)Cc1cccc(CNC(=O)[C@@H]2CCC[C@@H]2CN)c1. The van der Waals surface area contributed by atoms with Crippen molar-refractivity contribution in [3.05, 3.63) is 35.4 Å². The second-order valence-corrected chi connectivity index (χ2v) is 6.31. The molecule has 1 amide bonds. The quantitative estimate of drug-likeness (QED) is 0.838. The average molecular weight is 289 g/mol. The molecule has 1 aliphatic rings. The van der Waals surface area contributed by atoms with E-state index in [0.717, 1.165) is 31.4 Å². The summed E-state index contributed by atoms with van der Waals surface area (Å²) in [5, 5.41) is 3.08. The fourth-order valence-electron chi connectivity index (χ4n) is 3.19. The van der Waals surface area contributed by atoms with Crippen molar-refractivity contribution in [3.8, 4) is 0 Å². The molecule has 1 saturated carbocycles. The van der Waals surface area contributed by atoms with Gasteiger partial charge in [-0.15, -0.1) is 0 Å². The number of hydrogen-bond acceptors (Lipinski definition) is 3. The van der Waals surface area contributed by atoms with Gasteiger partial charge in [-0.05, 0) is 50.5 Å². The highest BCUT2D eigenvalue weighted by molar-refractivity contribution is 5.79. The Hall–Kier alpha value is -1.39. The van der Waals surface area contributed by atoms with Gasteiger partial charge in [0.1, 0.15) is 0 Å². The summed E-state index contributed by atoms with van der Waals surface area (Å²) in [6.45, 7) is 2.14. The third-order valence-electron chi connectivity index (χ3n) is 4.26. The molecule has 2 rings (SSSR count). The van der Waals surface area contributed by atoms with Gasteiger partial charge in [0.25, 0.3) is 0 Å². The van der Waals surface area contributed by atoms with E-state index in [1.807, 2.05) is 0 Å². The number of nitrogens with two attached hydrogens (primary N) is 1. The maximum Gasteiger partial charge on any atom is 0.223 e. The van der Waals surface area contributed by atoms with E-state index >= 15 is 0 Å². The predicted molar refractivity (Wildman–Crippen MR) is 85.6 cm³/mol. The lowest BCUT2D eigenvalue weighted by Gasteiger charge is -2.17. The predicted octanol–water partition coefficient (Wildman–Crippen LogP) is 1.74. The van der Waals surface area contributed by atoms with Crippen molar-refractivity contribution in [1.82, 2.24) is 10.2 Å². The second-order valence-electron chi connectivity index (χ2n) is 6.31. The van der Waals surface area contributed by atoms with E-state index in [4.69, 9.17) is 5.73 Å². The summed E-state index contributed by atoms with van der Waals surface area (Å²) in [5.41, 5.74) is 8.18. The van der Waals surface area contributed by atoms with Crippen LogP contribution in [0.1, 0.15) is 30.4 Å². The van der Waals surface area contributed by atoms with E-state index in [-0.39, 0.29) is 11.8 Å². The van der Waals surface area contributed by atoms with E-state index in [2.05, 4.69) is 48.6 Å². The van der Waals surface area contributed by atoms with Gasteiger partial charge < -0.3 is 16.0 Å². The summed E-state index contributed by atoms with van der Waals surface area (Å²) in [5.74, 6) is 0.644. The van der Waals surface area contributed by atoms with Gasteiger partial charge in [-0.2, -0.15) is 0 Å². The second kappa shape index (κ2) is 7.57. The molecular weight excluding hydrogens is 262 g/mol. The molecule has 0 heterocycles. The van der Waals surface area contributed by atoms with Gasteiger partial charge in [-0.25, -0.2) is 0 Å². The Kier molecular flexibility index (Phi) is 5.76. The molecule has 1 aliphatic carbocycles. The fraction of sp³-hybridized carbons (Fsp3) is 0.588. The first-order valence-electron chi connectivity index (χ1n) is 7.80. The lowest BCUT2D eigenvalue weighted by atomic mass is 9.95. The number of benzene rings is 1. The van der Waals surface area contributed by atoms with Crippen LogP contribution in [0, 0.1) is 11.8 Å². The van der Waals surface area contributed by atoms with Crippen LogP contribution in [-0.4, -0.2) is 31.4 Å². The van der Waals surface area contributed by atoms with Crippen molar-refractivity contribution in [3.63, 3.8) is 0 Å². The maximum atomic E-state index is 12.3. The van der Waals surface area contributed by atoms with E-state index < -0.39 is 0 Å². The van der Waals surface area contributed by atoms with Gasteiger partial charge in [0.15, 0.2) is 0 Å². The van der Waals surface area contributed by atoms with E-state index in [1.165, 1.54) is 5.56 Å². The van der Waals surface area contributed by atoms with Crippen LogP contribution in [-0.2, 0) is 17.9 Å². The summed E-state index contributed by atoms with van der Waals surface area (Å²) in [4.78, 5) is 14.4. The lowest BCUT2D eigenvalue weighted by Crippen LogP contribution is -2.34. The molecule has 116 valence electrons. The minimum absolute atomic E-state index is 0.111.